The number of guanidine groups is 1. The number of aliphatic hydroxyl groups excluding tert-OH is 1. The molecule has 22 heavy (non-hydrogen) atoms. The Kier molecular flexibility index (Phi) is 6.43. The summed E-state index contributed by atoms with van der Waals surface area (Å²) in [7, 11) is 0. The first-order chi connectivity index (χ1) is 10.7. The van der Waals surface area contributed by atoms with Crippen LogP contribution in [-0.2, 0) is 19.7 Å². The fraction of sp³-hybridized carbons (Fsp3) is 0.353. The van der Waals surface area contributed by atoms with E-state index in [1.54, 1.807) is 11.3 Å². The van der Waals surface area contributed by atoms with Crippen molar-refractivity contribution in [1.82, 2.24) is 10.6 Å². The maximum atomic E-state index is 9.37. The van der Waals surface area contributed by atoms with Crippen molar-refractivity contribution in [3.63, 3.8) is 0 Å². The van der Waals surface area contributed by atoms with Crippen LogP contribution < -0.4 is 10.6 Å². The number of thiophene rings is 1. The summed E-state index contributed by atoms with van der Waals surface area (Å²) < 4.78 is 0. The maximum absolute atomic E-state index is 9.37. The smallest absolute Gasteiger partial charge is 0.191 e. The average molecular weight is 317 g/mol. The highest BCUT2D eigenvalue weighted by Crippen LogP contribution is 2.15. The summed E-state index contributed by atoms with van der Waals surface area (Å²) in [4.78, 5) is 5.93. The van der Waals surface area contributed by atoms with Gasteiger partial charge in [0.2, 0.25) is 0 Å². The Bertz CT molecular complexity index is 622. The van der Waals surface area contributed by atoms with Gasteiger partial charge in [-0.3, -0.25) is 0 Å². The largest absolute Gasteiger partial charge is 0.392 e. The lowest BCUT2D eigenvalue weighted by molar-refractivity contribution is 0.280. The number of nitrogens with one attached hydrogen (secondary N) is 2. The van der Waals surface area contributed by atoms with Crippen LogP contribution in [-0.4, -0.2) is 17.6 Å². The Hall–Kier alpha value is -1.85. The van der Waals surface area contributed by atoms with Crippen LogP contribution in [0.15, 0.2) is 40.7 Å². The summed E-state index contributed by atoms with van der Waals surface area (Å²) in [5, 5.41) is 18.1. The van der Waals surface area contributed by atoms with Crippen LogP contribution in [0.5, 0.6) is 0 Å². The molecule has 1 aromatic carbocycles. The highest BCUT2D eigenvalue weighted by Gasteiger charge is 2.03. The van der Waals surface area contributed by atoms with E-state index in [1.807, 2.05) is 24.3 Å². The number of aryl methyl sites for hydroxylation is 1. The minimum absolute atomic E-state index is 0.0457. The Morgan fingerprint density at radius 1 is 1.18 bits per heavy atom. The second-order valence-electron chi connectivity index (χ2n) is 5.00. The first-order valence-corrected chi connectivity index (χ1v) is 8.35. The van der Waals surface area contributed by atoms with Crippen LogP contribution in [0.1, 0.15) is 28.5 Å². The fourth-order valence-corrected chi connectivity index (χ4v) is 2.97. The molecule has 0 atom stereocenters. The number of nitrogens with zero attached hydrogens (tertiary/aromatic N) is 1. The number of hydrogen-bond donors (Lipinski definition) is 3. The van der Waals surface area contributed by atoms with E-state index in [4.69, 9.17) is 0 Å². The van der Waals surface area contributed by atoms with Crippen molar-refractivity contribution in [3.05, 3.63) is 57.3 Å². The van der Waals surface area contributed by atoms with Crippen molar-refractivity contribution >= 4 is 17.3 Å². The Balaban J connectivity index is 2.02. The molecule has 0 bridgehead atoms. The van der Waals surface area contributed by atoms with Gasteiger partial charge in [0.25, 0.3) is 0 Å². The maximum Gasteiger partial charge on any atom is 0.191 e. The minimum Gasteiger partial charge on any atom is -0.392 e. The van der Waals surface area contributed by atoms with Gasteiger partial charge in [0.1, 0.15) is 0 Å². The van der Waals surface area contributed by atoms with Crippen LogP contribution >= 0.6 is 11.3 Å². The molecule has 0 unspecified atom stereocenters. The molecular weight excluding hydrogens is 294 g/mol. The zero-order valence-electron chi connectivity index (χ0n) is 13.1. The molecule has 118 valence electrons. The molecule has 0 saturated heterocycles. The van der Waals surface area contributed by atoms with Crippen molar-refractivity contribution in [2.75, 3.05) is 6.54 Å². The molecule has 0 aliphatic heterocycles. The van der Waals surface area contributed by atoms with Gasteiger partial charge in [0.05, 0.1) is 19.7 Å². The van der Waals surface area contributed by atoms with E-state index in [1.165, 1.54) is 10.4 Å². The van der Waals surface area contributed by atoms with E-state index in [0.717, 1.165) is 30.2 Å². The second kappa shape index (κ2) is 8.56. The third-order valence-electron chi connectivity index (χ3n) is 3.43. The Morgan fingerprint density at radius 2 is 1.95 bits per heavy atom. The van der Waals surface area contributed by atoms with Crippen molar-refractivity contribution in [2.24, 2.45) is 4.99 Å². The van der Waals surface area contributed by atoms with Gasteiger partial charge in [-0.15, -0.1) is 11.3 Å². The molecule has 1 heterocycles. The molecule has 0 aliphatic carbocycles. The molecule has 0 radical (unpaired) electrons. The van der Waals surface area contributed by atoms with Gasteiger partial charge in [-0.2, -0.15) is 0 Å². The van der Waals surface area contributed by atoms with E-state index < -0.39 is 0 Å². The molecule has 0 fully saturated rings. The lowest BCUT2D eigenvalue weighted by Crippen LogP contribution is -2.36. The number of benzene rings is 1. The van der Waals surface area contributed by atoms with Gasteiger partial charge in [-0.1, -0.05) is 24.3 Å². The molecule has 2 rings (SSSR count). The number of hydrogen-bond acceptors (Lipinski definition) is 3. The third kappa shape index (κ3) is 4.58. The van der Waals surface area contributed by atoms with Gasteiger partial charge in [-0.25, -0.2) is 4.99 Å². The number of rotatable bonds is 6. The zero-order valence-corrected chi connectivity index (χ0v) is 13.9. The average Bonchev–Trinajstić information content (AvgIpc) is 2.95. The van der Waals surface area contributed by atoms with Crippen LogP contribution in [0.25, 0.3) is 0 Å². The van der Waals surface area contributed by atoms with Crippen molar-refractivity contribution in [3.8, 4) is 0 Å². The van der Waals surface area contributed by atoms with Gasteiger partial charge in [-0.05, 0) is 42.0 Å². The molecule has 4 nitrogen and oxygen atoms in total. The first kappa shape index (κ1) is 16.5. The Morgan fingerprint density at radius 3 is 2.59 bits per heavy atom. The molecule has 5 heteroatoms. The number of aliphatic imine (C=N–C) groups is 1. The van der Waals surface area contributed by atoms with Crippen molar-refractivity contribution in [2.45, 2.75) is 33.5 Å². The van der Waals surface area contributed by atoms with E-state index in [2.05, 4.69) is 40.9 Å². The normalized spacial score (nSPS) is 11.5. The second-order valence-corrected chi connectivity index (χ2v) is 6.00. The topological polar surface area (TPSA) is 56.7 Å². The van der Waals surface area contributed by atoms with Crippen LogP contribution in [0.4, 0.5) is 0 Å². The van der Waals surface area contributed by atoms with E-state index in [9.17, 15) is 5.11 Å². The fourth-order valence-electron chi connectivity index (χ4n) is 2.12. The van der Waals surface area contributed by atoms with Gasteiger partial charge >= 0.3 is 0 Å². The Labute approximate surface area is 135 Å². The summed E-state index contributed by atoms with van der Waals surface area (Å²) in [6.07, 6.45) is 0. The van der Waals surface area contributed by atoms with E-state index in [-0.39, 0.29) is 6.61 Å². The van der Waals surface area contributed by atoms with Crippen LogP contribution in [0.2, 0.25) is 0 Å². The molecule has 0 saturated carbocycles. The van der Waals surface area contributed by atoms with Gasteiger partial charge in [0, 0.05) is 11.4 Å². The van der Waals surface area contributed by atoms with Gasteiger partial charge in [0.15, 0.2) is 5.96 Å². The van der Waals surface area contributed by atoms with Gasteiger partial charge < -0.3 is 15.7 Å². The molecule has 0 spiro atoms. The predicted molar refractivity (Wildman–Crippen MR) is 93.1 cm³/mol. The van der Waals surface area contributed by atoms with Crippen LogP contribution in [0.3, 0.4) is 0 Å². The summed E-state index contributed by atoms with van der Waals surface area (Å²) >= 11 is 1.75. The van der Waals surface area contributed by atoms with Crippen molar-refractivity contribution in [1.29, 1.82) is 0 Å². The van der Waals surface area contributed by atoms with Crippen LogP contribution in [0, 0.1) is 6.92 Å². The quantitative estimate of drug-likeness (QED) is 0.567. The highest BCUT2D eigenvalue weighted by molar-refractivity contribution is 7.10. The zero-order chi connectivity index (χ0) is 15.8. The minimum atomic E-state index is 0.0457. The SMILES string of the molecule is CCNC(=NCc1ccccc1CO)NCc1sccc1C. The summed E-state index contributed by atoms with van der Waals surface area (Å²) in [6, 6.07) is 9.96. The molecular formula is C17H23N3OS. The third-order valence-corrected chi connectivity index (χ3v) is 4.45. The molecule has 2 aromatic rings. The summed E-state index contributed by atoms with van der Waals surface area (Å²) in [5.74, 6) is 0.794. The molecule has 0 amide bonds. The highest BCUT2D eigenvalue weighted by atomic mass is 32.1. The summed E-state index contributed by atoms with van der Waals surface area (Å²) in [5.41, 5.74) is 3.28. The van der Waals surface area contributed by atoms with E-state index >= 15 is 0 Å². The van der Waals surface area contributed by atoms with Crippen molar-refractivity contribution < 1.29 is 5.11 Å². The lowest BCUT2D eigenvalue weighted by Gasteiger charge is -2.12. The standard InChI is InChI=1S/C17H23N3OS/c1-3-18-17(20-11-16-13(2)8-9-22-16)19-10-14-6-4-5-7-15(14)12-21/h4-9,21H,3,10-12H2,1-2H3,(H2,18,19,20). The molecule has 0 aliphatic rings. The first-order valence-electron chi connectivity index (χ1n) is 7.47. The molecule has 1 aromatic heterocycles. The predicted octanol–water partition coefficient (Wildman–Crippen LogP) is 2.80. The summed E-state index contributed by atoms with van der Waals surface area (Å²) in [6.45, 7) is 6.36. The monoisotopic (exact) mass is 317 g/mol. The van der Waals surface area contributed by atoms with E-state index in [0.29, 0.717) is 6.54 Å². The molecule has 3 N–H and O–H groups in total. The number of aliphatic hydroxyl groups is 1. The lowest BCUT2D eigenvalue weighted by atomic mass is 10.1.